The van der Waals surface area contributed by atoms with Crippen LogP contribution < -0.4 is 0 Å². The maximum absolute atomic E-state index is 12.3. The van der Waals surface area contributed by atoms with Crippen molar-refractivity contribution >= 4 is 0 Å². The number of hydrogen-bond donors (Lipinski definition) is 1. The lowest BCUT2D eigenvalue weighted by molar-refractivity contribution is 0.401. The Morgan fingerprint density at radius 2 is 1.91 bits per heavy atom. The molecule has 0 amide bonds. The number of phenolic OH excluding ortho intramolecular Hbond substituents is 1. The Kier molecular flexibility index (Phi) is 2.03. The van der Waals surface area contributed by atoms with E-state index in [9.17, 15) is 13.2 Å². The van der Waals surface area contributed by atoms with Crippen molar-refractivity contribution in [3.8, 4) is 5.75 Å². The van der Waals surface area contributed by atoms with Crippen LogP contribution in [0.5, 0.6) is 5.75 Å². The Labute approximate surface area is 61.1 Å². The predicted molar refractivity (Wildman–Crippen MR) is 32.8 cm³/mol. The van der Waals surface area contributed by atoms with Gasteiger partial charge in [-0.05, 0) is 17.7 Å². The van der Waals surface area contributed by atoms with Crippen LogP contribution in [0.3, 0.4) is 0 Å². The molecule has 1 N–H and O–H groups in total. The standard InChI is InChI=1S/C7H5F3O/c8-3-4-1-5(9)7(10)6(11)2-4/h1-2,11H,3H2. The minimum absolute atomic E-state index is 0.0820. The van der Waals surface area contributed by atoms with Crippen molar-refractivity contribution in [2.24, 2.45) is 0 Å². The van der Waals surface area contributed by atoms with Gasteiger partial charge < -0.3 is 5.11 Å². The normalized spacial score (nSPS) is 10.1. The quantitative estimate of drug-likeness (QED) is 0.670. The van der Waals surface area contributed by atoms with Crippen LogP contribution in [0.4, 0.5) is 13.2 Å². The zero-order valence-corrected chi connectivity index (χ0v) is 5.44. The maximum Gasteiger partial charge on any atom is 0.200 e. The summed E-state index contributed by atoms with van der Waals surface area (Å²) in [4.78, 5) is 0. The van der Waals surface area contributed by atoms with Crippen molar-refractivity contribution in [1.29, 1.82) is 0 Å². The summed E-state index contributed by atoms with van der Waals surface area (Å²) >= 11 is 0. The molecule has 0 atom stereocenters. The molecule has 0 saturated heterocycles. The number of hydrogen-bond acceptors (Lipinski definition) is 1. The van der Waals surface area contributed by atoms with Crippen molar-refractivity contribution in [1.82, 2.24) is 0 Å². The molecule has 0 heterocycles. The lowest BCUT2D eigenvalue weighted by Crippen LogP contribution is -1.87. The second-order valence-corrected chi connectivity index (χ2v) is 2.04. The van der Waals surface area contributed by atoms with E-state index < -0.39 is 24.1 Å². The van der Waals surface area contributed by atoms with Crippen molar-refractivity contribution in [3.05, 3.63) is 29.3 Å². The summed E-state index contributed by atoms with van der Waals surface area (Å²) in [6.07, 6.45) is 0. The van der Waals surface area contributed by atoms with Crippen LogP contribution in [0.1, 0.15) is 5.56 Å². The van der Waals surface area contributed by atoms with Gasteiger partial charge in [-0.15, -0.1) is 0 Å². The van der Waals surface area contributed by atoms with Gasteiger partial charge in [-0.2, -0.15) is 4.39 Å². The molecule has 11 heavy (non-hydrogen) atoms. The van der Waals surface area contributed by atoms with Crippen LogP contribution >= 0.6 is 0 Å². The van der Waals surface area contributed by atoms with E-state index in [1.807, 2.05) is 0 Å². The molecule has 0 unspecified atom stereocenters. The summed E-state index contributed by atoms with van der Waals surface area (Å²) in [6.45, 7) is -0.926. The number of halogens is 3. The molecule has 0 radical (unpaired) electrons. The Bertz CT molecular complexity index is 249. The maximum atomic E-state index is 12.3. The molecule has 4 heteroatoms. The van der Waals surface area contributed by atoms with E-state index in [-0.39, 0.29) is 5.56 Å². The van der Waals surface area contributed by atoms with Crippen molar-refractivity contribution < 1.29 is 18.3 Å². The van der Waals surface area contributed by atoms with E-state index in [0.717, 1.165) is 6.07 Å². The number of alkyl halides is 1. The third-order valence-corrected chi connectivity index (χ3v) is 1.22. The van der Waals surface area contributed by atoms with Gasteiger partial charge in [-0.1, -0.05) is 0 Å². The highest BCUT2D eigenvalue weighted by molar-refractivity contribution is 5.29. The van der Waals surface area contributed by atoms with Gasteiger partial charge in [-0.3, -0.25) is 0 Å². The first-order chi connectivity index (χ1) is 5.15. The van der Waals surface area contributed by atoms with E-state index in [1.54, 1.807) is 0 Å². The van der Waals surface area contributed by atoms with Crippen LogP contribution in [0, 0.1) is 11.6 Å². The molecular formula is C7H5F3O. The summed E-state index contributed by atoms with van der Waals surface area (Å²) in [7, 11) is 0. The predicted octanol–water partition coefficient (Wildman–Crippen LogP) is 2.14. The molecule has 60 valence electrons. The topological polar surface area (TPSA) is 20.2 Å². The van der Waals surface area contributed by atoms with Crippen LogP contribution in [-0.2, 0) is 6.67 Å². The monoisotopic (exact) mass is 162 g/mol. The van der Waals surface area contributed by atoms with Gasteiger partial charge in [0.05, 0.1) is 0 Å². The molecule has 1 rings (SSSR count). The van der Waals surface area contributed by atoms with Crippen LogP contribution in [0.25, 0.3) is 0 Å². The minimum Gasteiger partial charge on any atom is -0.505 e. The second-order valence-electron chi connectivity index (χ2n) is 2.04. The third kappa shape index (κ3) is 1.45. The van der Waals surface area contributed by atoms with E-state index >= 15 is 0 Å². The Morgan fingerprint density at radius 3 is 2.36 bits per heavy atom. The fourth-order valence-corrected chi connectivity index (χ4v) is 0.706. The summed E-state index contributed by atoms with van der Waals surface area (Å²) in [5.74, 6) is -3.45. The van der Waals surface area contributed by atoms with Gasteiger partial charge in [0.1, 0.15) is 6.67 Å². The summed E-state index contributed by atoms with van der Waals surface area (Å²) in [5, 5.41) is 8.63. The number of benzene rings is 1. The average Bonchev–Trinajstić information content (AvgIpc) is 1.99. The van der Waals surface area contributed by atoms with E-state index in [1.165, 1.54) is 0 Å². The van der Waals surface area contributed by atoms with Crippen molar-refractivity contribution in [3.63, 3.8) is 0 Å². The molecule has 1 nitrogen and oxygen atoms in total. The SMILES string of the molecule is Oc1cc(CF)cc(F)c1F. The van der Waals surface area contributed by atoms with E-state index in [2.05, 4.69) is 0 Å². The number of aromatic hydroxyl groups is 1. The molecule has 0 aliphatic heterocycles. The van der Waals surface area contributed by atoms with E-state index in [4.69, 9.17) is 5.11 Å². The van der Waals surface area contributed by atoms with Gasteiger partial charge in [0.25, 0.3) is 0 Å². The molecule has 0 saturated carbocycles. The lowest BCUT2D eigenvalue weighted by Gasteiger charge is -1.98. The molecular weight excluding hydrogens is 157 g/mol. The molecule has 0 aromatic heterocycles. The Hall–Kier alpha value is -1.19. The first-order valence-electron chi connectivity index (χ1n) is 2.88. The van der Waals surface area contributed by atoms with Gasteiger partial charge in [0.15, 0.2) is 17.4 Å². The van der Waals surface area contributed by atoms with Crippen LogP contribution in [0.2, 0.25) is 0 Å². The first-order valence-corrected chi connectivity index (χ1v) is 2.88. The largest absolute Gasteiger partial charge is 0.505 e. The number of phenols is 1. The highest BCUT2D eigenvalue weighted by Crippen LogP contribution is 2.20. The van der Waals surface area contributed by atoms with E-state index in [0.29, 0.717) is 6.07 Å². The van der Waals surface area contributed by atoms with Gasteiger partial charge in [-0.25, -0.2) is 8.78 Å². The Morgan fingerprint density at radius 1 is 1.27 bits per heavy atom. The lowest BCUT2D eigenvalue weighted by atomic mass is 10.2. The third-order valence-electron chi connectivity index (χ3n) is 1.22. The fraction of sp³-hybridized carbons (Fsp3) is 0.143. The Balaban J connectivity index is 3.21. The molecule has 0 aliphatic carbocycles. The van der Waals surface area contributed by atoms with Crippen molar-refractivity contribution in [2.75, 3.05) is 0 Å². The zero-order valence-electron chi connectivity index (χ0n) is 5.44. The first kappa shape index (κ1) is 7.91. The van der Waals surface area contributed by atoms with Gasteiger partial charge in [0.2, 0.25) is 0 Å². The summed E-state index contributed by atoms with van der Waals surface area (Å²) in [6, 6.07) is 1.55. The van der Waals surface area contributed by atoms with Crippen LogP contribution in [0.15, 0.2) is 12.1 Å². The zero-order chi connectivity index (χ0) is 8.43. The highest BCUT2D eigenvalue weighted by atomic mass is 19.2. The molecule has 0 aliphatic rings. The smallest absolute Gasteiger partial charge is 0.200 e. The van der Waals surface area contributed by atoms with Gasteiger partial charge >= 0.3 is 0 Å². The van der Waals surface area contributed by atoms with Crippen LogP contribution in [-0.4, -0.2) is 5.11 Å². The van der Waals surface area contributed by atoms with Gasteiger partial charge in [0, 0.05) is 0 Å². The van der Waals surface area contributed by atoms with Crippen molar-refractivity contribution in [2.45, 2.75) is 6.67 Å². The average molecular weight is 162 g/mol. The molecule has 1 aromatic carbocycles. The molecule has 1 aromatic rings. The summed E-state index contributed by atoms with van der Waals surface area (Å²) in [5.41, 5.74) is -0.0820. The number of rotatable bonds is 1. The minimum atomic E-state index is -1.35. The molecule has 0 spiro atoms. The highest BCUT2D eigenvalue weighted by Gasteiger charge is 2.08. The molecule has 0 fully saturated rings. The fourth-order valence-electron chi connectivity index (χ4n) is 0.706. The second kappa shape index (κ2) is 2.82. The summed E-state index contributed by atoms with van der Waals surface area (Å²) < 4.78 is 36.4. The molecule has 0 bridgehead atoms.